The first-order valence-electron chi connectivity index (χ1n) is 15.2. The van der Waals surface area contributed by atoms with Crippen molar-refractivity contribution in [2.24, 2.45) is 5.16 Å². The minimum atomic E-state index is -1.48. The van der Waals surface area contributed by atoms with Crippen molar-refractivity contribution < 1.29 is 52.5 Å². The third-order valence-corrected chi connectivity index (χ3v) is 7.52. The van der Waals surface area contributed by atoms with Gasteiger partial charge in [0.25, 0.3) is 12.2 Å². The fourth-order valence-corrected chi connectivity index (χ4v) is 5.57. The summed E-state index contributed by atoms with van der Waals surface area (Å²) in [5.41, 5.74) is 1.01. The van der Waals surface area contributed by atoms with E-state index < -0.39 is 67.0 Å². The molecule has 0 radical (unpaired) electrons. The molecule has 1 saturated heterocycles. The molecule has 5 rings (SSSR count). The van der Waals surface area contributed by atoms with Crippen molar-refractivity contribution in [3.05, 3.63) is 72.3 Å². The predicted octanol–water partition coefficient (Wildman–Crippen LogP) is 2.64. The van der Waals surface area contributed by atoms with Crippen LogP contribution in [-0.2, 0) is 47.8 Å². The van der Waals surface area contributed by atoms with Gasteiger partial charge in [-0.15, -0.1) is 0 Å². The van der Waals surface area contributed by atoms with Gasteiger partial charge in [0.1, 0.15) is 31.1 Å². The van der Waals surface area contributed by atoms with Gasteiger partial charge < -0.3 is 38.7 Å². The van der Waals surface area contributed by atoms with Gasteiger partial charge in [0.15, 0.2) is 17.9 Å². The largest absolute Gasteiger partial charge is 0.492 e. The van der Waals surface area contributed by atoms with Crippen LogP contribution in [0, 0.1) is 0 Å². The summed E-state index contributed by atoms with van der Waals surface area (Å²) in [7, 11) is 0. The van der Waals surface area contributed by atoms with Crippen LogP contribution in [0.1, 0.15) is 33.3 Å². The minimum Gasteiger partial charge on any atom is -0.492 e. The number of esters is 3. The number of hydrogen-bond acceptors (Lipinski definition) is 12. The average Bonchev–Trinajstić information content (AvgIpc) is 3.30. The molecule has 2 aliphatic heterocycles. The van der Waals surface area contributed by atoms with Crippen molar-refractivity contribution in [1.29, 1.82) is 0 Å². The van der Waals surface area contributed by atoms with Gasteiger partial charge in [-0.25, -0.2) is 0 Å². The summed E-state index contributed by atoms with van der Waals surface area (Å²) in [5, 5.41) is 8.86. The summed E-state index contributed by atoms with van der Waals surface area (Å²) in [6, 6.07) is 19.4. The summed E-state index contributed by atoms with van der Waals surface area (Å²) in [6.45, 7) is 4.62. The molecule has 0 aliphatic carbocycles. The minimum absolute atomic E-state index is 0.0517. The number of carbonyl (C=O) groups excluding carboxylic acids is 5. The van der Waals surface area contributed by atoms with Crippen molar-refractivity contribution in [3.8, 4) is 5.75 Å². The summed E-state index contributed by atoms with van der Waals surface area (Å²) < 4.78 is 28.0. The highest BCUT2D eigenvalue weighted by Gasteiger charge is 2.52. The van der Waals surface area contributed by atoms with E-state index >= 15 is 0 Å². The first kappa shape index (κ1) is 33.9. The smallest absolute Gasteiger partial charge is 0.303 e. The zero-order valence-corrected chi connectivity index (χ0v) is 26.7. The number of rotatable bonds is 11. The van der Waals surface area contributed by atoms with Crippen molar-refractivity contribution in [1.82, 2.24) is 5.32 Å². The van der Waals surface area contributed by atoms with Crippen LogP contribution < -0.4 is 15.0 Å². The van der Waals surface area contributed by atoms with E-state index in [4.69, 9.17) is 28.5 Å². The van der Waals surface area contributed by atoms with Crippen LogP contribution >= 0.6 is 0 Å². The fourth-order valence-electron chi connectivity index (χ4n) is 5.57. The van der Waals surface area contributed by atoms with Crippen LogP contribution in [0.25, 0.3) is 10.8 Å². The van der Waals surface area contributed by atoms with Gasteiger partial charge in [0.05, 0.1) is 12.2 Å². The number of amides is 2. The van der Waals surface area contributed by atoms with Gasteiger partial charge in [-0.05, 0) is 29.0 Å². The van der Waals surface area contributed by atoms with Gasteiger partial charge in [-0.2, -0.15) is 0 Å². The quantitative estimate of drug-likeness (QED) is 0.182. The molecule has 2 amide bonds. The lowest BCUT2D eigenvalue weighted by molar-refractivity contribution is -0.278. The lowest BCUT2D eigenvalue weighted by Crippen LogP contribution is -2.66. The molecule has 0 saturated carbocycles. The van der Waals surface area contributed by atoms with Crippen LogP contribution in [0.2, 0.25) is 0 Å². The van der Waals surface area contributed by atoms with E-state index in [9.17, 15) is 24.0 Å². The van der Waals surface area contributed by atoms with Crippen molar-refractivity contribution in [2.45, 2.75) is 58.3 Å². The molecular formula is C34H35N3O11. The summed E-state index contributed by atoms with van der Waals surface area (Å²) in [5.74, 6) is -2.52. The number of anilines is 1. The van der Waals surface area contributed by atoms with E-state index in [1.54, 1.807) is 24.3 Å². The van der Waals surface area contributed by atoms with E-state index in [0.29, 0.717) is 17.0 Å². The van der Waals surface area contributed by atoms with Crippen molar-refractivity contribution >= 4 is 51.9 Å². The highest BCUT2D eigenvalue weighted by molar-refractivity contribution is 6.54. The Hall–Kier alpha value is -5.50. The maximum atomic E-state index is 13.7. The van der Waals surface area contributed by atoms with Crippen LogP contribution in [0.5, 0.6) is 5.75 Å². The van der Waals surface area contributed by atoms with Gasteiger partial charge in [0, 0.05) is 33.3 Å². The molecule has 14 nitrogen and oxygen atoms in total. The van der Waals surface area contributed by atoms with Crippen LogP contribution in [0.4, 0.5) is 5.69 Å². The average molecular weight is 662 g/mol. The molecule has 0 spiro atoms. The second kappa shape index (κ2) is 14.9. The molecule has 0 bridgehead atoms. The number of benzene rings is 3. The second-order valence-electron chi connectivity index (χ2n) is 11.1. The zero-order valence-electron chi connectivity index (χ0n) is 26.7. The maximum absolute atomic E-state index is 13.7. The van der Waals surface area contributed by atoms with E-state index in [1.165, 1.54) is 18.7 Å². The van der Waals surface area contributed by atoms with Gasteiger partial charge in [-0.3, -0.25) is 24.0 Å². The normalized spacial score (nSPS) is 22.5. The highest BCUT2D eigenvalue weighted by atomic mass is 16.8. The van der Waals surface area contributed by atoms with Crippen LogP contribution in [-0.4, -0.2) is 85.8 Å². The number of nitrogens with one attached hydrogen (secondary N) is 1. The Balaban J connectivity index is 1.38. The number of nitrogens with zero attached hydrogens (tertiary/aromatic N) is 2. The molecule has 2 aliphatic rings. The first-order chi connectivity index (χ1) is 23.0. The molecule has 1 fully saturated rings. The Morgan fingerprint density at radius 2 is 1.54 bits per heavy atom. The molecule has 48 heavy (non-hydrogen) atoms. The molecule has 14 heteroatoms. The molecule has 0 unspecified atom stereocenters. The van der Waals surface area contributed by atoms with E-state index in [2.05, 4.69) is 10.5 Å². The van der Waals surface area contributed by atoms with Crippen LogP contribution in [0.3, 0.4) is 0 Å². The number of hydrogen-bond donors (Lipinski definition) is 1. The van der Waals surface area contributed by atoms with Crippen molar-refractivity contribution in [2.75, 3.05) is 24.7 Å². The fraction of sp³-hybridized carbons (Fsp3) is 0.353. The molecule has 1 N–H and O–H groups in total. The van der Waals surface area contributed by atoms with Gasteiger partial charge in [0.2, 0.25) is 5.91 Å². The SMILES string of the molecule is CC(=O)N[C@H]1[C@H](ON=C2C(=O)N(CCOc3ccc4ccccc4c3)c3ccccc32)O[C@H](COC(C)=O)[C@@H](OC(C)=O)[C@@H]1OC(C)=O. The Morgan fingerprint density at radius 3 is 2.25 bits per heavy atom. The zero-order chi connectivity index (χ0) is 34.4. The molecule has 5 atom stereocenters. The lowest BCUT2D eigenvalue weighted by atomic mass is 9.96. The van der Waals surface area contributed by atoms with Crippen molar-refractivity contribution in [3.63, 3.8) is 0 Å². The number of oxime groups is 1. The second-order valence-corrected chi connectivity index (χ2v) is 11.1. The number of para-hydroxylation sites is 1. The topological polar surface area (TPSA) is 168 Å². The maximum Gasteiger partial charge on any atom is 0.303 e. The highest BCUT2D eigenvalue weighted by Crippen LogP contribution is 2.32. The molecule has 2 heterocycles. The monoisotopic (exact) mass is 661 g/mol. The van der Waals surface area contributed by atoms with E-state index in [1.807, 2.05) is 42.5 Å². The van der Waals surface area contributed by atoms with Gasteiger partial charge >= 0.3 is 17.9 Å². The molecular weight excluding hydrogens is 626 g/mol. The molecule has 252 valence electrons. The Labute approximate surface area is 275 Å². The van der Waals surface area contributed by atoms with Crippen LogP contribution in [0.15, 0.2) is 71.9 Å². The molecule has 0 aromatic heterocycles. The number of fused-ring (bicyclic) bond motifs is 2. The van der Waals surface area contributed by atoms with Gasteiger partial charge in [-0.1, -0.05) is 53.7 Å². The Morgan fingerprint density at radius 1 is 0.854 bits per heavy atom. The standard InChI is InChI=1S/C34H35N3O11/c1-19(38)35-30-32(46-22(4)41)31(45-21(3)40)28(18-44-20(2)39)47-34(30)48-36-29-26-11-7-8-12-27(26)37(33(29)42)15-16-43-25-14-13-23-9-5-6-10-24(23)17-25/h5-14,17,28,30-32,34H,15-16,18H2,1-4H3,(H,35,38)/t28-,30-,31-,32-,34+/m1/s1. The van der Waals surface area contributed by atoms with E-state index in [0.717, 1.165) is 24.6 Å². The molecule has 3 aromatic carbocycles. The first-order valence-corrected chi connectivity index (χ1v) is 15.2. The summed E-state index contributed by atoms with van der Waals surface area (Å²) in [6.07, 6.45) is -5.33. The summed E-state index contributed by atoms with van der Waals surface area (Å²) in [4.78, 5) is 69.0. The number of carbonyl (C=O) groups is 5. The van der Waals surface area contributed by atoms with E-state index in [-0.39, 0.29) is 18.9 Å². The molecule has 3 aromatic rings. The summed E-state index contributed by atoms with van der Waals surface area (Å²) >= 11 is 0. The predicted molar refractivity (Wildman–Crippen MR) is 170 cm³/mol. The number of ether oxygens (including phenoxy) is 5. The lowest BCUT2D eigenvalue weighted by Gasteiger charge is -2.43. The Kier molecular flexibility index (Phi) is 10.5. The Bertz CT molecular complexity index is 1740. The third kappa shape index (κ3) is 7.89. The third-order valence-electron chi connectivity index (χ3n) is 7.52.